The molecule has 0 amide bonds. The second-order valence-electron chi connectivity index (χ2n) is 4.74. The molecule has 3 rings (SSSR count). The van der Waals surface area contributed by atoms with E-state index in [4.69, 9.17) is 20.8 Å². The minimum Gasteiger partial charge on any atom is -0.493 e. The lowest BCUT2D eigenvalue weighted by molar-refractivity contribution is 0.102. The molecule has 23 heavy (non-hydrogen) atoms. The van der Waals surface area contributed by atoms with E-state index >= 15 is 0 Å². The molecule has 3 aromatic rings. The molecule has 1 heterocycles. The maximum absolute atomic E-state index is 12.2. The molecular weight excluding hydrogens is 335 g/mol. The number of methoxy groups -OCH3 is 1. The van der Waals surface area contributed by atoms with Crippen LogP contribution in [0.5, 0.6) is 5.75 Å². The number of halogens is 2. The molecular formula is C18H14Cl2O3. The van der Waals surface area contributed by atoms with E-state index in [0.29, 0.717) is 16.4 Å². The Labute approximate surface area is 144 Å². The predicted octanol–water partition coefficient (Wildman–Crippen LogP) is 5.41. The Hall–Kier alpha value is -2.23. The van der Waals surface area contributed by atoms with Crippen molar-refractivity contribution in [1.29, 1.82) is 0 Å². The lowest BCUT2D eigenvalue weighted by Gasteiger charge is -1.98. The van der Waals surface area contributed by atoms with Crippen molar-refractivity contribution < 1.29 is 13.9 Å². The normalized spacial score (nSPS) is 10.7. The second-order valence-corrected chi connectivity index (χ2v) is 5.17. The Morgan fingerprint density at radius 3 is 2.61 bits per heavy atom. The van der Waals surface area contributed by atoms with Gasteiger partial charge in [0.15, 0.2) is 17.1 Å². The van der Waals surface area contributed by atoms with E-state index in [-0.39, 0.29) is 24.0 Å². The van der Waals surface area contributed by atoms with Gasteiger partial charge in [0.2, 0.25) is 5.78 Å². The van der Waals surface area contributed by atoms with Crippen LogP contribution in [-0.2, 0) is 0 Å². The Kier molecular flexibility index (Phi) is 5.48. The maximum atomic E-state index is 12.2. The van der Waals surface area contributed by atoms with Crippen molar-refractivity contribution in [2.24, 2.45) is 0 Å². The highest BCUT2D eigenvalue weighted by Crippen LogP contribution is 2.28. The van der Waals surface area contributed by atoms with Crippen LogP contribution in [0.3, 0.4) is 0 Å². The summed E-state index contributed by atoms with van der Waals surface area (Å²) in [5.41, 5.74) is 1.47. The highest BCUT2D eigenvalue weighted by atomic mass is 35.5. The summed E-state index contributed by atoms with van der Waals surface area (Å²) in [6.07, 6.45) is 3.20. The number of fused-ring (bicyclic) bond motifs is 1. The highest BCUT2D eigenvalue weighted by molar-refractivity contribution is 6.30. The molecule has 118 valence electrons. The third-order valence-corrected chi connectivity index (χ3v) is 3.52. The quantitative estimate of drug-likeness (QED) is 0.467. The summed E-state index contributed by atoms with van der Waals surface area (Å²) in [5.74, 6) is 0.691. The molecule has 0 aliphatic rings. The number of para-hydroxylation sites is 1. The lowest BCUT2D eigenvalue weighted by Crippen LogP contribution is -1.90. The Morgan fingerprint density at radius 2 is 1.91 bits per heavy atom. The molecule has 0 N–H and O–H groups in total. The van der Waals surface area contributed by atoms with E-state index in [1.807, 2.05) is 24.3 Å². The first-order valence-corrected chi connectivity index (χ1v) is 7.10. The van der Waals surface area contributed by atoms with Gasteiger partial charge in [-0.15, -0.1) is 12.4 Å². The first kappa shape index (κ1) is 17.1. The molecule has 0 radical (unpaired) electrons. The summed E-state index contributed by atoms with van der Waals surface area (Å²) in [6.45, 7) is 0. The molecule has 0 atom stereocenters. The molecule has 2 aromatic carbocycles. The van der Waals surface area contributed by atoms with E-state index in [9.17, 15) is 4.79 Å². The van der Waals surface area contributed by atoms with Crippen LogP contribution in [0.1, 0.15) is 16.1 Å². The summed E-state index contributed by atoms with van der Waals surface area (Å²) in [5, 5.41) is 1.50. The average Bonchev–Trinajstić information content (AvgIpc) is 2.98. The van der Waals surface area contributed by atoms with E-state index in [1.54, 1.807) is 37.5 Å². The van der Waals surface area contributed by atoms with Crippen LogP contribution in [0.4, 0.5) is 0 Å². The van der Waals surface area contributed by atoms with Crippen molar-refractivity contribution in [3.05, 3.63) is 71.0 Å². The van der Waals surface area contributed by atoms with Crippen LogP contribution in [0.15, 0.2) is 59.0 Å². The molecule has 0 unspecified atom stereocenters. The monoisotopic (exact) mass is 348 g/mol. The van der Waals surface area contributed by atoms with E-state index in [2.05, 4.69) is 0 Å². The molecule has 0 aliphatic carbocycles. The molecule has 0 aliphatic heterocycles. The SMILES string of the molecule is COc1cccc2cc(C(=O)C=Cc3ccc(Cl)cc3)oc12.Cl. The fraction of sp³-hybridized carbons (Fsp3) is 0.0556. The van der Waals surface area contributed by atoms with Crippen molar-refractivity contribution in [3.8, 4) is 5.75 Å². The van der Waals surface area contributed by atoms with Crippen LogP contribution >= 0.6 is 24.0 Å². The minimum absolute atomic E-state index is 0. The molecule has 0 bridgehead atoms. The van der Waals surface area contributed by atoms with Gasteiger partial charge in [0, 0.05) is 10.4 Å². The number of benzene rings is 2. The van der Waals surface area contributed by atoms with Gasteiger partial charge in [-0.3, -0.25) is 4.79 Å². The van der Waals surface area contributed by atoms with Crippen LogP contribution in [0.2, 0.25) is 5.02 Å². The number of rotatable bonds is 4. The maximum Gasteiger partial charge on any atom is 0.221 e. The van der Waals surface area contributed by atoms with Gasteiger partial charge in [-0.25, -0.2) is 0 Å². The summed E-state index contributed by atoms with van der Waals surface area (Å²) in [6, 6.07) is 14.5. The van der Waals surface area contributed by atoms with Crippen LogP contribution in [-0.4, -0.2) is 12.9 Å². The zero-order chi connectivity index (χ0) is 15.5. The molecule has 3 nitrogen and oxygen atoms in total. The first-order valence-electron chi connectivity index (χ1n) is 6.72. The van der Waals surface area contributed by atoms with E-state index in [0.717, 1.165) is 10.9 Å². The molecule has 0 fully saturated rings. The predicted molar refractivity (Wildman–Crippen MR) is 94.8 cm³/mol. The van der Waals surface area contributed by atoms with Crippen molar-refractivity contribution in [1.82, 2.24) is 0 Å². The van der Waals surface area contributed by atoms with Gasteiger partial charge in [-0.2, -0.15) is 0 Å². The second kappa shape index (κ2) is 7.36. The fourth-order valence-electron chi connectivity index (χ4n) is 2.15. The van der Waals surface area contributed by atoms with Crippen molar-refractivity contribution in [3.63, 3.8) is 0 Å². The number of carbonyl (C=O) groups excluding carboxylic acids is 1. The third kappa shape index (κ3) is 3.76. The molecule has 0 saturated carbocycles. The van der Waals surface area contributed by atoms with Crippen LogP contribution in [0.25, 0.3) is 17.0 Å². The van der Waals surface area contributed by atoms with Gasteiger partial charge in [0.25, 0.3) is 0 Å². The van der Waals surface area contributed by atoms with Gasteiger partial charge >= 0.3 is 0 Å². The standard InChI is InChI=1S/C18H13ClO3.ClH/c1-21-16-4-2-3-13-11-17(22-18(13)16)15(20)10-7-12-5-8-14(19)9-6-12;/h2-11H,1H3;1H. The molecule has 5 heteroatoms. The topological polar surface area (TPSA) is 39.4 Å². The molecule has 1 aromatic heterocycles. The van der Waals surface area contributed by atoms with Gasteiger partial charge < -0.3 is 9.15 Å². The summed E-state index contributed by atoms with van der Waals surface area (Å²) < 4.78 is 10.8. The molecule has 0 spiro atoms. The first-order chi connectivity index (χ1) is 10.7. The fourth-order valence-corrected chi connectivity index (χ4v) is 2.27. The zero-order valence-corrected chi connectivity index (χ0v) is 13.9. The van der Waals surface area contributed by atoms with Gasteiger partial charge in [0.05, 0.1) is 7.11 Å². The highest BCUT2D eigenvalue weighted by Gasteiger charge is 2.12. The summed E-state index contributed by atoms with van der Waals surface area (Å²) >= 11 is 5.83. The third-order valence-electron chi connectivity index (χ3n) is 3.27. The number of hydrogen-bond acceptors (Lipinski definition) is 3. The number of carbonyl (C=O) groups is 1. The van der Waals surface area contributed by atoms with Crippen LogP contribution < -0.4 is 4.74 Å². The largest absolute Gasteiger partial charge is 0.493 e. The van der Waals surface area contributed by atoms with Crippen molar-refractivity contribution >= 4 is 46.8 Å². The number of ketones is 1. The van der Waals surface area contributed by atoms with Gasteiger partial charge in [-0.05, 0) is 35.9 Å². The van der Waals surface area contributed by atoms with E-state index in [1.165, 1.54) is 6.08 Å². The Bertz CT molecular complexity index is 848. The summed E-state index contributed by atoms with van der Waals surface area (Å²) in [7, 11) is 1.57. The summed E-state index contributed by atoms with van der Waals surface area (Å²) in [4.78, 5) is 12.2. The van der Waals surface area contributed by atoms with Crippen LogP contribution in [0, 0.1) is 0 Å². The van der Waals surface area contributed by atoms with Gasteiger partial charge in [0.1, 0.15) is 0 Å². The Balaban J connectivity index is 0.00000192. The zero-order valence-electron chi connectivity index (χ0n) is 12.3. The van der Waals surface area contributed by atoms with Crippen molar-refractivity contribution in [2.45, 2.75) is 0 Å². The van der Waals surface area contributed by atoms with Gasteiger partial charge in [-0.1, -0.05) is 41.9 Å². The average molecular weight is 349 g/mol. The number of ether oxygens (including phenoxy) is 1. The smallest absolute Gasteiger partial charge is 0.221 e. The minimum atomic E-state index is -0.201. The molecule has 0 saturated heterocycles. The lowest BCUT2D eigenvalue weighted by atomic mass is 10.1. The van der Waals surface area contributed by atoms with E-state index < -0.39 is 0 Å². The van der Waals surface area contributed by atoms with Crippen molar-refractivity contribution in [2.75, 3.05) is 7.11 Å². The number of furan rings is 1. The number of allylic oxidation sites excluding steroid dienone is 1. The Morgan fingerprint density at radius 1 is 1.17 bits per heavy atom. The number of hydrogen-bond donors (Lipinski definition) is 0.